The summed E-state index contributed by atoms with van der Waals surface area (Å²) in [5.41, 5.74) is 10.9. The van der Waals surface area contributed by atoms with E-state index in [1.165, 1.54) is 43.9 Å². The van der Waals surface area contributed by atoms with Crippen molar-refractivity contribution in [1.29, 1.82) is 0 Å². The lowest BCUT2D eigenvalue weighted by Crippen LogP contribution is -1.85. The molecule has 0 N–H and O–H groups in total. The third-order valence-electron chi connectivity index (χ3n) is 8.23. The lowest BCUT2D eigenvalue weighted by molar-refractivity contribution is 1.05. The molecule has 9 nitrogen and oxygen atoms in total. The summed E-state index contributed by atoms with van der Waals surface area (Å²) < 4.78 is 0. The molecule has 9 rings (SSSR count). The van der Waals surface area contributed by atoms with Gasteiger partial charge in [-0.1, -0.05) is 270 Å². The van der Waals surface area contributed by atoms with Crippen molar-refractivity contribution in [2.24, 2.45) is 0 Å². The molecule has 1 aromatic carbocycles. The molecule has 8 heterocycles. The zero-order valence-electron chi connectivity index (χ0n) is 71.6. The van der Waals surface area contributed by atoms with Crippen LogP contribution in [0.25, 0.3) is 0 Å². The molecule has 558 valence electrons. The molecule has 0 saturated heterocycles. The first-order valence-electron chi connectivity index (χ1n) is 36.6. The van der Waals surface area contributed by atoms with Crippen LogP contribution in [0.15, 0.2) is 176 Å². The smallest absolute Gasteiger partial charge is 0.125 e. The fraction of sp³-hybridized carbons (Fsp3) is 0.518. The third-order valence-corrected chi connectivity index (χ3v) is 10.1. The van der Waals surface area contributed by atoms with Crippen LogP contribution < -0.4 is 0 Å². The van der Waals surface area contributed by atoms with Crippen LogP contribution in [0.4, 0.5) is 0 Å². The minimum Gasteiger partial charge on any atom is -0.265 e. The summed E-state index contributed by atoms with van der Waals surface area (Å²) in [5, 5.41) is 4.23. The average Bonchev–Trinajstić information content (AvgIpc) is 4.36. The van der Waals surface area contributed by atoms with Gasteiger partial charge in [0.2, 0.25) is 0 Å². The first-order valence-corrected chi connectivity index (χ1v) is 38.4. The van der Waals surface area contributed by atoms with Crippen LogP contribution in [0.1, 0.15) is 288 Å². The van der Waals surface area contributed by atoms with E-state index in [2.05, 4.69) is 115 Å². The Kier molecular flexibility index (Phi) is 189. The Morgan fingerprint density at radius 1 is 0.229 bits per heavy atom. The normalized spacial score (nSPS) is 6.96. The Bertz CT molecular complexity index is 2020. The van der Waals surface area contributed by atoms with Gasteiger partial charge in [-0.05, 0) is 176 Å². The second-order valence-corrected chi connectivity index (χ2v) is 16.2. The number of hydrogen-bond donors (Lipinski definition) is 0. The molecular formula is C85H161N9S2. The Labute approximate surface area is 610 Å². The highest BCUT2D eigenvalue weighted by Gasteiger charge is 1.89. The minimum atomic E-state index is 0.822. The summed E-state index contributed by atoms with van der Waals surface area (Å²) in [6, 6.07) is 31.9. The van der Waals surface area contributed by atoms with E-state index < -0.39 is 0 Å². The van der Waals surface area contributed by atoms with E-state index >= 15 is 0 Å². The first-order chi connectivity index (χ1) is 46.8. The van der Waals surface area contributed by atoms with Gasteiger partial charge in [-0.2, -0.15) is 0 Å². The molecule has 0 amide bonds. The quantitative estimate of drug-likeness (QED) is 0.146. The predicted molar refractivity (Wildman–Crippen MR) is 452 cm³/mol. The molecule has 9 aromatic rings. The van der Waals surface area contributed by atoms with Gasteiger partial charge >= 0.3 is 0 Å². The molecule has 0 bridgehead atoms. The van der Waals surface area contributed by atoms with Gasteiger partial charge in [0.25, 0.3) is 0 Å². The number of nitrogens with zero attached hydrogens (tertiary/aromatic N) is 9. The lowest BCUT2D eigenvalue weighted by Gasteiger charge is -1.91. The summed E-state index contributed by atoms with van der Waals surface area (Å²) in [7, 11) is 0. The standard InChI is InChI=1S/C7H8.C6H8N2.3C6H7N.2C6H8S.2C5H6N2.16C2H6/c1-7-5-3-2-4-6-7;1-5-3-7-4-8-6(5)2;1-6-2-4-7-5-3-6;1-6-3-2-4-7-5-6;1-6-4-2-3-5-7-6;2*1-5-3-4-7-6(5)2;1-5-2-3-6-4-7-5;1-5-6-3-2-4-7-5;16*1-2/h2-6H,1H3;3-4H,1-2H3;3*2-5H,1H3;2*3-4H,1-2H3;2*2-4H,1H3;16*1-2H3. The summed E-state index contributed by atoms with van der Waals surface area (Å²) in [6.07, 6.45) is 19.0. The van der Waals surface area contributed by atoms with E-state index in [0.717, 1.165) is 28.5 Å². The molecule has 0 saturated carbocycles. The number of aryl methyl sites for hydroxylation is 12. The first kappa shape index (κ1) is 130. The number of benzene rings is 1. The molecular weight excluding hydrogens is 1210 g/mol. The molecule has 0 aliphatic carbocycles. The van der Waals surface area contributed by atoms with Crippen LogP contribution in [0.5, 0.6) is 0 Å². The van der Waals surface area contributed by atoms with E-state index in [1.54, 1.807) is 78.4 Å². The van der Waals surface area contributed by atoms with Gasteiger partial charge in [0.1, 0.15) is 18.5 Å². The molecule has 0 unspecified atom stereocenters. The molecule has 0 radical (unpaired) electrons. The van der Waals surface area contributed by atoms with E-state index in [4.69, 9.17) is 0 Å². The summed E-state index contributed by atoms with van der Waals surface area (Å²) >= 11 is 3.61. The van der Waals surface area contributed by atoms with Gasteiger partial charge in [0.15, 0.2) is 0 Å². The van der Waals surface area contributed by atoms with Gasteiger partial charge in [0.05, 0.1) is 0 Å². The molecule has 0 aliphatic rings. The third kappa shape index (κ3) is 124. The topological polar surface area (TPSA) is 116 Å². The number of aromatic nitrogens is 9. The Morgan fingerprint density at radius 2 is 0.583 bits per heavy atom. The molecule has 0 aliphatic heterocycles. The second kappa shape index (κ2) is 140. The minimum absolute atomic E-state index is 0.822. The molecule has 0 fully saturated rings. The van der Waals surface area contributed by atoms with Crippen LogP contribution in [-0.2, 0) is 0 Å². The zero-order chi connectivity index (χ0) is 79.2. The maximum Gasteiger partial charge on any atom is 0.125 e. The van der Waals surface area contributed by atoms with Crippen LogP contribution in [0.3, 0.4) is 0 Å². The monoisotopic (exact) mass is 1370 g/mol. The maximum atomic E-state index is 3.98. The molecule has 96 heavy (non-hydrogen) atoms. The number of thiophene rings is 2. The molecule has 8 aromatic heterocycles. The van der Waals surface area contributed by atoms with Gasteiger partial charge in [-0.15, -0.1) is 22.7 Å². The van der Waals surface area contributed by atoms with E-state index in [1.807, 2.05) is 349 Å². The SMILES string of the molecule is CC.CC.CC.CC.CC.CC.CC.CC.CC.CC.CC.CC.CC.CC.CC.CC.Cc1ccccc1.Cc1ccccn1.Cc1cccnc1.Cc1ccncc1.Cc1ccncn1.Cc1ccsc1C.Cc1ccsc1C.Cc1cncnc1C.Cc1ncccn1. The van der Waals surface area contributed by atoms with Crippen LogP contribution in [-0.4, -0.2) is 44.9 Å². The van der Waals surface area contributed by atoms with Gasteiger partial charge in [0, 0.05) is 82.6 Å². The largest absolute Gasteiger partial charge is 0.265 e. The highest BCUT2D eigenvalue weighted by atomic mass is 32.1. The summed E-state index contributed by atoms with van der Waals surface area (Å²) in [4.78, 5) is 37.7. The van der Waals surface area contributed by atoms with Crippen molar-refractivity contribution in [1.82, 2.24) is 44.9 Å². The molecule has 0 spiro atoms. The highest BCUT2D eigenvalue weighted by molar-refractivity contribution is 7.10. The average molecular weight is 1370 g/mol. The Morgan fingerprint density at radius 3 is 0.750 bits per heavy atom. The molecule has 0 atom stereocenters. The highest BCUT2D eigenvalue weighted by Crippen LogP contribution is 2.13. The maximum absolute atomic E-state index is 3.98. The van der Waals surface area contributed by atoms with E-state index in [0.29, 0.717) is 0 Å². The Hall–Kier alpha value is -6.69. The fourth-order valence-electron chi connectivity index (χ4n) is 3.94. The van der Waals surface area contributed by atoms with Crippen LogP contribution in [0, 0.1) is 83.1 Å². The van der Waals surface area contributed by atoms with Crippen molar-refractivity contribution in [3.8, 4) is 0 Å². The lowest BCUT2D eigenvalue weighted by atomic mass is 10.2. The van der Waals surface area contributed by atoms with Crippen molar-refractivity contribution in [2.75, 3.05) is 0 Å². The van der Waals surface area contributed by atoms with Crippen molar-refractivity contribution >= 4 is 22.7 Å². The Balaban J connectivity index is -0.0000000509. The fourth-order valence-corrected chi connectivity index (χ4v) is 5.41. The van der Waals surface area contributed by atoms with Gasteiger partial charge < -0.3 is 0 Å². The molecule has 11 heteroatoms. The summed E-state index contributed by atoms with van der Waals surface area (Å²) in [5.74, 6) is 0.822. The number of pyridine rings is 3. The van der Waals surface area contributed by atoms with Crippen LogP contribution in [0.2, 0.25) is 0 Å². The van der Waals surface area contributed by atoms with E-state index in [9.17, 15) is 0 Å². The van der Waals surface area contributed by atoms with Crippen molar-refractivity contribution < 1.29 is 0 Å². The van der Waals surface area contributed by atoms with Crippen molar-refractivity contribution in [2.45, 2.75) is 305 Å². The second-order valence-electron chi connectivity index (χ2n) is 13.9. The van der Waals surface area contributed by atoms with Gasteiger partial charge in [-0.3, -0.25) is 15.0 Å². The van der Waals surface area contributed by atoms with Crippen molar-refractivity contribution in [3.63, 3.8) is 0 Å². The number of hydrogen-bond acceptors (Lipinski definition) is 11. The number of rotatable bonds is 0. The van der Waals surface area contributed by atoms with E-state index in [-0.39, 0.29) is 0 Å². The van der Waals surface area contributed by atoms with Gasteiger partial charge in [-0.25, -0.2) is 29.9 Å². The van der Waals surface area contributed by atoms with Crippen LogP contribution >= 0.6 is 22.7 Å². The zero-order valence-corrected chi connectivity index (χ0v) is 73.2. The summed E-state index contributed by atoms with van der Waals surface area (Å²) in [6.45, 7) is 88.4. The van der Waals surface area contributed by atoms with Crippen molar-refractivity contribution in [3.05, 3.63) is 242 Å². The predicted octanol–water partition coefficient (Wildman–Crippen LogP) is 30.0.